The maximum atomic E-state index is 12.3. The molecule has 2 aromatic rings. The van der Waals surface area contributed by atoms with E-state index in [1.54, 1.807) is 0 Å². The molecule has 3 nitrogen and oxygen atoms in total. The van der Waals surface area contributed by atoms with E-state index in [4.69, 9.17) is 5.73 Å². The first-order valence-corrected chi connectivity index (χ1v) is 6.73. The van der Waals surface area contributed by atoms with E-state index in [-0.39, 0.29) is 11.7 Å². The van der Waals surface area contributed by atoms with Crippen LogP contribution in [0, 0.1) is 12.8 Å². The molecule has 1 unspecified atom stereocenters. The number of pyridine rings is 1. The second kappa shape index (κ2) is 5.93. The zero-order valence-electron chi connectivity index (χ0n) is 11.5. The second-order valence-corrected chi connectivity index (χ2v) is 5.06. The molecule has 3 heteroatoms. The highest BCUT2D eigenvalue weighted by Gasteiger charge is 2.15. The average molecular weight is 256 g/mol. The molecular weight excluding hydrogens is 236 g/mol. The highest BCUT2D eigenvalue weighted by Crippen LogP contribution is 2.19. The van der Waals surface area contributed by atoms with Gasteiger partial charge in [-0.05, 0) is 50.6 Å². The van der Waals surface area contributed by atoms with Crippen molar-refractivity contribution in [3.8, 4) is 0 Å². The standard InChI is InChI=1S/C16H20N2O/c1-11(4-3-9-17)16(19)14-7-8-15-13(10-14)6-5-12(2)18-15/h5-8,10-11H,3-4,9,17H2,1-2H3. The molecule has 0 aliphatic rings. The molecule has 1 aromatic carbocycles. The minimum atomic E-state index is 0.0272. The Morgan fingerprint density at radius 3 is 2.84 bits per heavy atom. The summed E-state index contributed by atoms with van der Waals surface area (Å²) < 4.78 is 0. The third-order valence-corrected chi connectivity index (χ3v) is 3.40. The number of hydrogen-bond acceptors (Lipinski definition) is 3. The summed E-state index contributed by atoms with van der Waals surface area (Å²) in [7, 11) is 0. The number of fused-ring (bicyclic) bond motifs is 1. The van der Waals surface area contributed by atoms with Crippen molar-refractivity contribution in [2.45, 2.75) is 26.7 Å². The SMILES string of the molecule is Cc1ccc2cc(C(=O)C(C)CCCN)ccc2n1. The first kappa shape index (κ1) is 13.7. The maximum Gasteiger partial charge on any atom is 0.165 e. The highest BCUT2D eigenvalue weighted by molar-refractivity contribution is 6.00. The number of Topliss-reactive ketones (excluding diaryl/α,β-unsaturated/α-hetero) is 1. The molecule has 1 aromatic heterocycles. The highest BCUT2D eigenvalue weighted by atomic mass is 16.1. The number of nitrogens with zero attached hydrogens (tertiary/aromatic N) is 1. The minimum absolute atomic E-state index is 0.0272. The fourth-order valence-corrected chi connectivity index (χ4v) is 2.22. The Labute approximate surface area is 113 Å². The average Bonchev–Trinajstić information content (AvgIpc) is 2.43. The fourth-order valence-electron chi connectivity index (χ4n) is 2.22. The molecule has 0 saturated carbocycles. The van der Waals surface area contributed by atoms with Gasteiger partial charge in [0, 0.05) is 22.6 Å². The van der Waals surface area contributed by atoms with Crippen LogP contribution in [0.25, 0.3) is 10.9 Å². The molecule has 0 radical (unpaired) electrons. The molecule has 0 saturated heterocycles. The van der Waals surface area contributed by atoms with Gasteiger partial charge in [-0.15, -0.1) is 0 Å². The number of aromatic nitrogens is 1. The Bertz CT molecular complexity index is 592. The number of benzene rings is 1. The van der Waals surface area contributed by atoms with Crippen LogP contribution in [0.4, 0.5) is 0 Å². The minimum Gasteiger partial charge on any atom is -0.330 e. The van der Waals surface area contributed by atoms with E-state index in [0.717, 1.165) is 35.0 Å². The van der Waals surface area contributed by atoms with E-state index in [9.17, 15) is 4.79 Å². The smallest absolute Gasteiger partial charge is 0.165 e. The summed E-state index contributed by atoms with van der Waals surface area (Å²) in [6.45, 7) is 4.57. The molecule has 1 heterocycles. The summed E-state index contributed by atoms with van der Waals surface area (Å²) in [6, 6.07) is 9.71. The Hall–Kier alpha value is -1.74. The van der Waals surface area contributed by atoms with Gasteiger partial charge in [-0.3, -0.25) is 9.78 Å². The lowest BCUT2D eigenvalue weighted by atomic mass is 9.94. The molecule has 1 atom stereocenters. The van der Waals surface area contributed by atoms with E-state index in [2.05, 4.69) is 4.98 Å². The van der Waals surface area contributed by atoms with E-state index < -0.39 is 0 Å². The summed E-state index contributed by atoms with van der Waals surface area (Å²) in [5.74, 6) is 0.218. The summed E-state index contributed by atoms with van der Waals surface area (Å²) >= 11 is 0. The largest absolute Gasteiger partial charge is 0.330 e. The molecule has 19 heavy (non-hydrogen) atoms. The molecule has 0 spiro atoms. The van der Waals surface area contributed by atoms with Gasteiger partial charge in [0.05, 0.1) is 5.52 Å². The van der Waals surface area contributed by atoms with E-state index >= 15 is 0 Å². The van der Waals surface area contributed by atoms with Crippen LogP contribution < -0.4 is 5.73 Å². The van der Waals surface area contributed by atoms with Gasteiger partial charge in [-0.1, -0.05) is 13.0 Å². The number of ketones is 1. The molecule has 0 fully saturated rings. The van der Waals surface area contributed by atoms with Gasteiger partial charge in [0.25, 0.3) is 0 Å². The summed E-state index contributed by atoms with van der Waals surface area (Å²) in [5, 5.41) is 1.02. The lowest BCUT2D eigenvalue weighted by Crippen LogP contribution is -2.13. The molecule has 0 aliphatic heterocycles. The predicted molar refractivity (Wildman–Crippen MR) is 78.3 cm³/mol. The Kier molecular flexibility index (Phi) is 4.27. The molecule has 0 amide bonds. The quantitative estimate of drug-likeness (QED) is 0.836. The van der Waals surface area contributed by atoms with Gasteiger partial charge in [-0.2, -0.15) is 0 Å². The number of hydrogen-bond donors (Lipinski definition) is 1. The van der Waals surface area contributed by atoms with Crippen LogP contribution in [-0.4, -0.2) is 17.3 Å². The normalized spacial score (nSPS) is 12.6. The van der Waals surface area contributed by atoms with Gasteiger partial charge < -0.3 is 5.73 Å². The molecule has 100 valence electrons. The second-order valence-electron chi connectivity index (χ2n) is 5.06. The van der Waals surface area contributed by atoms with Crippen LogP contribution in [0.15, 0.2) is 30.3 Å². The molecular formula is C16H20N2O. The lowest BCUT2D eigenvalue weighted by molar-refractivity contribution is 0.0923. The maximum absolute atomic E-state index is 12.3. The number of carbonyl (C=O) groups excluding carboxylic acids is 1. The van der Waals surface area contributed by atoms with Crippen LogP contribution in [0.2, 0.25) is 0 Å². The topological polar surface area (TPSA) is 56.0 Å². The van der Waals surface area contributed by atoms with Crippen LogP contribution in [0.1, 0.15) is 35.8 Å². The molecule has 0 bridgehead atoms. The Morgan fingerprint density at radius 1 is 1.32 bits per heavy atom. The van der Waals surface area contributed by atoms with E-state index in [0.29, 0.717) is 6.54 Å². The zero-order valence-corrected chi connectivity index (χ0v) is 11.5. The first-order valence-electron chi connectivity index (χ1n) is 6.73. The predicted octanol–water partition coefficient (Wildman–Crippen LogP) is 3.10. The number of rotatable bonds is 5. The summed E-state index contributed by atoms with van der Waals surface area (Å²) in [4.78, 5) is 16.7. The van der Waals surface area contributed by atoms with E-state index in [1.807, 2.05) is 44.2 Å². The molecule has 2 rings (SSSR count). The van der Waals surface area contributed by atoms with Gasteiger partial charge in [0.15, 0.2) is 5.78 Å². The monoisotopic (exact) mass is 256 g/mol. The van der Waals surface area contributed by atoms with Crippen LogP contribution in [0.3, 0.4) is 0 Å². The zero-order chi connectivity index (χ0) is 13.8. The number of carbonyl (C=O) groups is 1. The lowest BCUT2D eigenvalue weighted by Gasteiger charge is -2.10. The third kappa shape index (κ3) is 3.18. The van der Waals surface area contributed by atoms with Crippen molar-refractivity contribution in [2.24, 2.45) is 11.7 Å². The van der Waals surface area contributed by atoms with Crippen molar-refractivity contribution in [1.82, 2.24) is 4.98 Å². The number of aryl methyl sites for hydroxylation is 1. The van der Waals surface area contributed by atoms with Gasteiger partial charge in [-0.25, -0.2) is 0 Å². The van der Waals surface area contributed by atoms with Gasteiger partial charge in [0.1, 0.15) is 0 Å². The van der Waals surface area contributed by atoms with Crippen molar-refractivity contribution >= 4 is 16.7 Å². The fraction of sp³-hybridized carbons (Fsp3) is 0.375. The third-order valence-electron chi connectivity index (χ3n) is 3.40. The van der Waals surface area contributed by atoms with E-state index in [1.165, 1.54) is 0 Å². The molecule has 2 N–H and O–H groups in total. The van der Waals surface area contributed by atoms with Crippen molar-refractivity contribution in [3.05, 3.63) is 41.6 Å². The van der Waals surface area contributed by atoms with Crippen molar-refractivity contribution < 1.29 is 4.79 Å². The van der Waals surface area contributed by atoms with Crippen LogP contribution in [-0.2, 0) is 0 Å². The van der Waals surface area contributed by atoms with Crippen LogP contribution in [0.5, 0.6) is 0 Å². The number of nitrogens with two attached hydrogens (primary N) is 1. The van der Waals surface area contributed by atoms with Crippen LogP contribution >= 0.6 is 0 Å². The molecule has 0 aliphatic carbocycles. The first-order chi connectivity index (χ1) is 9.11. The summed E-state index contributed by atoms with van der Waals surface area (Å²) in [6.07, 6.45) is 1.74. The summed E-state index contributed by atoms with van der Waals surface area (Å²) in [5.41, 5.74) is 8.18. The Morgan fingerprint density at radius 2 is 2.11 bits per heavy atom. The van der Waals surface area contributed by atoms with Crippen molar-refractivity contribution in [1.29, 1.82) is 0 Å². The van der Waals surface area contributed by atoms with Crippen molar-refractivity contribution in [2.75, 3.05) is 6.54 Å². The van der Waals surface area contributed by atoms with Gasteiger partial charge >= 0.3 is 0 Å². The Balaban J connectivity index is 2.25. The van der Waals surface area contributed by atoms with Gasteiger partial charge in [0.2, 0.25) is 0 Å². The van der Waals surface area contributed by atoms with Crippen molar-refractivity contribution in [3.63, 3.8) is 0 Å².